The van der Waals surface area contributed by atoms with Gasteiger partial charge >= 0.3 is 0 Å². The maximum atomic E-state index is 13.5. The van der Waals surface area contributed by atoms with Gasteiger partial charge in [-0.2, -0.15) is 0 Å². The van der Waals surface area contributed by atoms with Gasteiger partial charge in [0.2, 0.25) is 11.8 Å². The summed E-state index contributed by atoms with van der Waals surface area (Å²) in [5, 5.41) is 0.898. The summed E-state index contributed by atoms with van der Waals surface area (Å²) in [6, 6.07) is 14.1. The molecular formula is C35H37F2N5O4S. The maximum absolute atomic E-state index is 13.5. The lowest BCUT2D eigenvalue weighted by Gasteiger charge is -2.37. The zero-order valence-electron chi connectivity index (χ0n) is 26.4. The Balaban J connectivity index is 1.19. The monoisotopic (exact) mass is 661 g/mol. The van der Waals surface area contributed by atoms with E-state index in [1.165, 1.54) is 0 Å². The number of nitrogens with one attached hydrogen (secondary N) is 1. The quantitative estimate of drug-likeness (QED) is 0.210. The summed E-state index contributed by atoms with van der Waals surface area (Å²) in [5.41, 5.74) is 4.66. The molecule has 12 heteroatoms. The number of rotatable bonds is 9. The first kappa shape index (κ1) is 31.4. The number of aryl methyl sites for hydroxylation is 1. The second-order valence-corrected chi connectivity index (χ2v) is 14.6. The van der Waals surface area contributed by atoms with Crippen molar-refractivity contribution in [1.82, 2.24) is 14.9 Å². The number of likely N-dealkylation sites (tertiary alicyclic amines) is 1. The van der Waals surface area contributed by atoms with E-state index in [2.05, 4.69) is 14.7 Å². The SMILES string of the molecule is Cc1ccc(S(=O)(=O)Nc2cc(-c3ccc4ncc5c(c4c3)C3(CCC3)C(=O)N5C)cnc2OCCCN2CCC(F)(F)CC2)cc1. The van der Waals surface area contributed by atoms with Gasteiger partial charge in [0.15, 0.2) is 0 Å². The molecule has 3 aliphatic rings. The number of piperidine rings is 1. The number of fused-ring (bicyclic) bond motifs is 4. The lowest BCUT2D eigenvalue weighted by atomic mass is 9.64. The Bertz CT molecular complexity index is 1960. The van der Waals surface area contributed by atoms with Gasteiger partial charge < -0.3 is 14.5 Å². The molecule has 9 nitrogen and oxygen atoms in total. The fourth-order valence-corrected chi connectivity index (χ4v) is 7.98. The topological polar surface area (TPSA) is 105 Å². The number of carbonyl (C=O) groups is 1. The molecular weight excluding hydrogens is 624 g/mol. The molecule has 47 heavy (non-hydrogen) atoms. The summed E-state index contributed by atoms with van der Waals surface area (Å²) in [7, 11) is -2.18. The Morgan fingerprint density at radius 3 is 2.40 bits per heavy atom. The van der Waals surface area contributed by atoms with E-state index in [0.717, 1.165) is 52.5 Å². The van der Waals surface area contributed by atoms with Crippen LogP contribution in [0.25, 0.3) is 22.0 Å². The molecule has 2 fully saturated rings. The number of likely N-dealkylation sites (N-methyl/N-ethyl adjacent to an activating group) is 1. The van der Waals surface area contributed by atoms with Crippen molar-refractivity contribution in [3.8, 4) is 17.0 Å². The van der Waals surface area contributed by atoms with E-state index in [4.69, 9.17) is 4.74 Å². The third-order valence-electron chi connectivity index (χ3n) is 9.81. The van der Waals surface area contributed by atoms with Crippen molar-refractivity contribution >= 4 is 38.2 Å². The number of benzene rings is 2. The van der Waals surface area contributed by atoms with Gasteiger partial charge in [-0.3, -0.25) is 14.5 Å². The van der Waals surface area contributed by atoms with E-state index in [0.29, 0.717) is 31.6 Å². The van der Waals surface area contributed by atoms with Crippen molar-refractivity contribution < 1.29 is 26.7 Å². The first-order valence-corrected chi connectivity index (χ1v) is 17.5. The second kappa shape index (κ2) is 11.8. The molecule has 0 atom stereocenters. The van der Waals surface area contributed by atoms with Gasteiger partial charge in [-0.05, 0) is 62.1 Å². The summed E-state index contributed by atoms with van der Waals surface area (Å²) in [6.45, 7) is 3.37. The van der Waals surface area contributed by atoms with Crippen LogP contribution in [0.2, 0.25) is 0 Å². The third kappa shape index (κ3) is 5.82. The van der Waals surface area contributed by atoms with Crippen LogP contribution in [-0.4, -0.2) is 68.4 Å². The van der Waals surface area contributed by atoms with Crippen LogP contribution in [0.15, 0.2) is 65.8 Å². The molecule has 1 spiro atoms. The van der Waals surface area contributed by atoms with Crippen LogP contribution in [-0.2, 0) is 20.2 Å². The number of amides is 1. The Morgan fingerprint density at radius 2 is 1.70 bits per heavy atom. The average molecular weight is 662 g/mol. The minimum atomic E-state index is -3.98. The van der Waals surface area contributed by atoms with Crippen LogP contribution < -0.4 is 14.4 Å². The first-order chi connectivity index (χ1) is 22.5. The highest BCUT2D eigenvalue weighted by Gasteiger charge is 2.54. The first-order valence-electron chi connectivity index (χ1n) is 16.0. The number of carbonyl (C=O) groups excluding carboxylic acids is 1. The minimum Gasteiger partial charge on any atom is -0.476 e. The number of alkyl halides is 2. The molecule has 7 rings (SSSR count). The molecule has 0 radical (unpaired) electrons. The van der Waals surface area contributed by atoms with Crippen molar-refractivity contribution in [2.75, 3.05) is 42.9 Å². The van der Waals surface area contributed by atoms with E-state index in [1.807, 2.05) is 30.0 Å². The van der Waals surface area contributed by atoms with Gasteiger partial charge in [0.25, 0.3) is 15.9 Å². The molecule has 1 aliphatic carbocycles. The summed E-state index contributed by atoms with van der Waals surface area (Å²) in [6.07, 6.45) is 6.27. The van der Waals surface area contributed by atoms with Crippen molar-refractivity contribution in [2.45, 2.75) is 61.7 Å². The van der Waals surface area contributed by atoms with E-state index in [1.54, 1.807) is 54.7 Å². The number of hydrogen-bond donors (Lipinski definition) is 1. The molecule has 0 unspecified atom stereocenters. The predicted molar refractivity (Wildman–Crippen MR) is 177 cm³/mol. The number of ether oxygens (including phenoxy) is 1. The van der Waals surface area contributed by atoms with E-state index >= 15 is 0 Å². The van der Waals surface area contributed by atoms with Gasteiger partial charge in [-0.1, -0.05) is 30.2 Å². The molecule has 1 saturated heterocycles. The standard InChI is InChI=1S/C35H37F2N5O4S/c1-23-5-8-26(9-6-23)47(44,45)40-29-20-25(21-39-32(29)46-18-4-15-42-16-13-35(36,37)14-17-42)24-7-10-28-27(19-24)31-30(22-38-28)41(2)33(43)34(31)11-3-12-34/h5-10,19-22,40H,3-4,11-18H2,1-2H3. The van der Waals surface area contributed by atoms with E-state index in [9.17, 15) is 22.0 Å². The second-order valence-electron chi connectivity index (χ2n) is 12.9. The number of pyridine rings is 2. The number of hydrogen-bond acceptors (Lipinski definition) is 7. The Labute approximate surface area is 273 Å². The maximum Gasteiger partial charge on any atom is 0.262 e. The van der Waals surface area contributed by atoms with Crippen LogP contribution in [0, 0.1) is 6.92 Å². The van der Waals surface area contributed by atoms with E-state index < -0.39 is 21.4 Å². The fraction of sp³-hybridized carbons (Fsp3) is 0.400. The third-order valence-corrected chi connectivity index (χ3v) is 11.2. The number of anilines is 2. The summed E-state index contributed by atoms with van der Waals surface area (Å²) >= 11 is 0. The fourth-order valence-electron chi connectivity index (χ4n) is 6.93. The van der Waals surface area contributed by atoms with Gasteiger partial charge in [-0.25, -0.2) is 22.2 Å². The highest BCUT2D eigenvalue weighted by molar-refractivity contribution is 7.92. The largest absolute Gasteiger partial charge is 0.476 e. The number of aromatic nitrogens is 2. The predicted octanol–water partition coefficient (Wildman–Crippen LogP) is 6.30. The Hall–Kier alpha value is -4.16. The van der Waals surface area contributed by atoms with Crippen LogP contribution in [0.3, 0.4) is 0 Å². The summed E-state index contributed by atoms with van der Waals surface area (Å²) in [5.74, 6) is -2.37. The minimum absolute atomic E-state index is 0.104. The molecule has 1 saturated carbocycles. The molecule has 1 N–H and O–H groups in total. The highest BCUT2D eigenvalue weighted by Crippen LogP contribution is 2.55. The zero-order valence-corrected chi connectivity index (χ0v) is 27.2. The lowest BCUT2D eigenvalue weighted by molar-refractivity contribution is -0.125. The number of nitrogens with zero attached hydrogens (tertiary/aromatic N) is 4. The van der Waals surface area contributed by atoms with Gasteiger partial charge in [0.05, 0.1) is 34.3 Å². The molecule has 4 heterocycles. The molecule has 0 bridgehead atoms. The summed E-state index contributed by atoms with van der Waals surface area (Å²) in [4.78, 5) is 26.3. The molecule has 1 amide bonds. The van der Waals surface area contributed by atoms with Crippen LogP contribution in [0.5, 0.6) is 5.88 Å². The molecule has 4 aromatic rings. The van der Waals surface area contributed by atoms with Crippen LogP contribution in [0.4, 0.5) is 20.2 Å². The average Bonchev–Trinajstić information content (AvgIpc) is 3.27. The Morgan fingerprint density at radius 1 is 0.957 bits per heavy atom. The zero-order chi connectivity index (χ0) is 33.0. The molecule has 2 aliphatic heterocycles. The number of sulfonamides is 1. The normalized spacial score (nSPS) is 18.7. The Kier molecular flexibility index (Phi) is 7.91. The summed E-state index contributed by atoms with van der Waals surface area (Å²) < 4.78 is 62.7. The van der Waals surface area contributed by atoms with Crippen molar-refractivity contribution in [3.63, 3.8) is 0 Å². The van der Waals surface area contributed by atoms with Crippen molar-refractivity contribution in [1.29, 1.82) is 0 Å². The van der Waals surface area contributed by atoms with Crippen molar-refractivity contribution in [2.24, 2.45) is 0 Å². The van der Waals surface area contributed by atoms with Gasteiger partial charge in [0, 0.05) is 62.2 Å². The van der Waals surface area contributed by atoms with Gasteiger partial charge in [0.1, 0.15) is 5.69 Å². The lowest BCUT2D eigenvalue weighted by Crippen LogP contribution is -2.43. The van der Waals surface area contributed by atoms with Gasteiger partial charge in [-0.15, -0.1) is 0 Å². The number of halogens is 2. The smallest absolute Gasteiger partial charge is 0.262 e. The van der Waals surface area contributed by atoms with Crippen LogP contribution in [0.1, 0.15) is 49.7 Å². The van der Waals surface area contributed by atoms with Crippen LogP contribution >= 0.6 is 0 Å². The molecule has 2 aromatic carbocycles. The van der Waals surface area contributed by atoms with E-state index in [-0.39, 0.29) is 41.8 Å². The highest BCUT2D eigenvalue weighted by atomic mass is 32.2. The van der Waals surface area contributed by atoms with Crippen molar-refractivity contribution in [3.05, 3.63) is 72.1 Å². The molecule has 2 aromatic heterocycles. The molecule has 246 valence electrons.